The Morgan fingerprint density at radius 2 is 1.10 bits per heavy atom. The predicted molar refractivity (Wildman–Crippen MR) is 176 cm³/mol. The average Bonchev–Trinajstić information content (AvgIpc) is 3.60. The van der Waals surface area contributed by atoms with Gasteiger partial charge < -0.3 is 14.2 Å². The molecule has 0 saturated heterocycles. The Morgan fingerprint density at radius 3 is 1.85 bits per heavy atom. The summed E-state index contributed by atoms with van der Waals surface area (Å²) in [4.78, 5) is 4.60. The van der Waals surface area contributed by atoms with Crippen LogP contribution < -0.4 is 9.80 Å². The van der Waals surface area contributed by atoms with Crippen LogP contribution in [-0.4, -0.2) is 7.05 Å². The molecule has 0 radical (unpaired) electrons. The first-order valence-electron chi connectivity index (χ1n) is 13.8. The highest BCUT2D eigenvalue weighted by Crippen LogP contribution is 2.45. The van der Waals surface area contributed by atoms with Crippen LogP contribution in [0.4, 0.5) is 28.4 Å². The predicted octanol–water partition coefficient (Wildman–Crippen LogP) is 11.2. The Hall–Kier alpha value is -5.06. The van der Waals surface area contributed by atoms with E-state index in [1.807, 2.05) is 23.5 Å². The molecule has 41 heavy (non-hydrogen) atoms. The lowest BCUT2D eigenvalue weighted by molar-refractivity contribution is 0.669. The first kappa shape index (κ1) is 23.8. The van der Waals surface area contributed by atoms with Gasteiger partial charge >= 0.3 is 0 Å². The number of hydrogen-bond acceptors (Lipinski definition) is 4. The molecule has 196 valence electrons. The summed E-state index contributed by atoms with van der Waals surface area (Å²) in [6.45, 7) is 0. The van der Waals surface area contributed by atoms with Gasteiger partial charge in [-0.15, -0.1) is 11.3 Å². The van der Waals surface area contributed by atoms with Crippen LogP contribution >= 0.6 is 11.3 Å². The maximum atomic E-state index is 6.27. The maximum absolute atomic E-state index is 6.27. The lowest BCUT2D eigenvalue weighted by atomic mass is 10.1. The van der Waals surface area contributed by atoms with Gasteiger partial charge in [0.2, 0.25) is 0 Å². The molecule has 0 amide bonds. The zero-order valence-electron chi connectivity index (χ0n) is 22.5. The Labute approximate surface area is 242 Å². The summed E-state index contributed by atoms with van der Waals surface area (Å²) in [7, 11) is 2.13. The average molecular weight is 547 g/mol. The highest BCUT2D eigenvalue weighted by molar-refractivity contribution is 7.25. The van der Waals surface area contributed by atoms with Gasteiger partial charge in [-0.1, -0.05) is 60.7 Å². The quantitative estimate of drug-likeness (QED) is 0.214. The second kappa shape index (κ2) is 9.54. The first-order chi connectivity index (χ1) is 20.2. The summed E-state index contributed by atoms with van der Waals surface area (Å²) < 4.78 is 8.84. The molecule has 0 N–H and O–H groups in total. The lowest BCUT2D eigenvalue weighted by Gasteiger charge is -2.26. The maximum Gasteiger partial charge on any atom is 0.137 e. The first-order valence-corrected chi connectivity index (χ1v) is 14.6. The molecular weight excluding hydrogens is 520 g/mol. The van der Waals surface area contributed by atoms with Crippen molar-refractivity contribution in [2.75, 3.05) is 16.8 Å². The molecule has 2 aromatic heterocycles. The molecule has 0 aliphatic rings. The van der Waals surface area contributed by atoms with Crippen LogP contribution in [0.25, 0.3) is 42.1 Å². The van der Waals surface area contributed by atoms with Crippen molar-refractivity contribution in [1.82, 2.24) is 0 Å². The van der Waals surface area contributed by atoms with Crippen molar-refractivity contribution in [1.29, 1.82) is 0 Å². The molecule has 0 aliphatic heterocycles. The largest absolute Gasteiger partial charge is 0.456 e. The SMILES string of the molecule is CN(c1ccccc1)c1ccc2sc3ccc(N(c4ccccc4)c4cccc5oc6ccccc6c45)cc3c2c1. The van der Waals surface area contributed by atoms with Crippen LogP contribution in [-0.2, 0) is 0 Å². The van der Waals surface area contributed by atoms with Crippen molar-refractivity contribution in [2.45, 2.75) is 0 Å². The van der Waals surface area contributed by atoms with Crippen molar-refractivity contribution in [3.05, 3.63) is 140 Å². The van der Waals surface area contributed by atoms with Crippen molar-refractivity contribution in [3.63, 3.8) is 0 Å². The fraction of sp³-hybridized carbons (Fsp3) is 0.0270. The molecule has 4 heteroatoms. The molecule has 2 heterocycles. The second-order valence-corrected chi connectivity index (χ2v) is 11.4. The Balaban J connectivity index is 1.34. The van der Waals surface area contributed by atoms with Gasteiger partial charge in [-0.2, -0.15) is 0 Å². The van der Waals surface area contributed by atoms with Crippen molar-refractivity contribution in [3.8, 4) is 0 Å². The summed E-state index contributed by atoms with van der Waals surface area (Å²) in [5.74, 6) is 0. The molecule has 8 rings (SSSR count). The Bertz CT molecular complexity index is 2180. The van der Waals surface area contributed by atoms with Gasteiger partial charge in [-0.25, -0.2) is 0 Å². The molecule has 0 spiro atoms. The molecule has 0 unspecified atom stereocenters. The fourth-order valence-electron chi connectivity index (χ4n) is 5.85. The summed E-state index contributed by atoms with van der Waals surface area (Å²) in [6.07, 6.45) is 0. The van der Waals surface area contributed by atoms with Crippen LogP contribution in [0.3, 0.4) is 0 Å². The number of para-hydroxylation sites is 3. The van der Waals surface area contributed by atoms with Gasteiger partial charge in [0.15, 0.2) is 0 Å². The van der Waals surface area contributed by atoms with Crippen LogP contribution in [0.2, 0.25) is 0 Å². The van der Waals surface area contributed by atoms with Crippen molar-refractivity contribution in [2.24, 2.45) is 0 Å². The van der Waals surface area contributed by atoms with Gasteiger partial charge in [-0.3, -0.25) is 0 Å². The van der Waals surface area contributed by atoms with Gasteiger partial charge in [0, 0.05) is 55.4 Å². The molecule has 0 atom stereocenters. The molecule has 6 aromatic carbocycles. The second-order valence-electron chi connectivity index (χ2n) is 10.3. The Kier molecular flexibility index (Phi) is 5.54. The van der Waals surface area contributed by atoms with E-state index < -0.39 is 0 Å². The third-order valence-electron chi connectivity index (χ3n) is 7.86. The molecular formula is C37H26N2OS. The number of thiophene rings is 1. The summed E-state index contributed by atoms with van der Waals surface area (Å²) >= 11 is 1.84. The zero-order chi connectivity index (χ0) is 27.3. The highest BCUT2D eigenvalue weighted by atomic mass is 32.1. The van der Waals surface area contributed by atoms with E-state index in [9.17, 15) is 0 Å². The van der Waals surface area contributed by atoms with E-state index in [4.69, 9.17) is 4.42 Å². The minimum Gasteiger partial charge on any atom is -0.456 e. The monoisotopic (exact) mass is 546 g/mol. The summed E-state index contributed by atoms with van der Waals surface area (Å²) in [5.41, 5.74) is 7.45. The summed E-state index contributed by atoms with van der Waals surface area (Å²) in [5, 5.41) is 4.77. The fourth-order valence-corrected chi connectivity index (χ4v) is 6.92. The van der Waals surface area contributed by atoms with E-state index in [2.05, 4.69) is 144 Å². The molecule has 0 fully saturated rings. The normalized spacial score (nSPS) is 11.5. The van der Waals surface area contributed by atoms with E-state index in [1.165, 1.54) is 31.5 Å². The number of hydrogen-bond donors (Lipinski definition) is 0. The number of rotatable bonds is 5. The van der Waals surface area contributed by atoms with E-state index in [-0.39, 0.29) is 0 Å². The van der Waals surface area contributed by atoms with E-state index in [0.29, 0.717) is 0 Å². The molecule has 0 bridgehead atoms. The van der Waals surface area contributed by atoms with Crippen LogP contribution in [0.1, 0.15) is 0 Å². The van der Waals surface area contributed by atoms with Gasteiger partial charge in [-0.05, 0) is 78.9 Å². The van der Waals surface area contributed by atoms with Crippen LogP contribution in [0, 0.1) is 0 Å². The van der Waals surface area contributed by atoms with E-state index in [1.54, 1.807) is 0 Å². The minimum atomic E-state index is 0.889. The zero-order valence-corrected chi connectivity index (χ0v) is 23.3. The van der Waals surface area contributed by atoms with Crippen molar-refractivity contribution >= 4 is 81.9 Å². The van der Waals surface area contributed by atoms with E-state index >= 15 is 0 Å². The molecule has 3 nitrogen and oxygen atoms in total. The van der Waals surface area contributed by atoms with Crippen LogP contribution in [0.15, 0.2) is 144 Å². The standard InChI is InChI=1S/C37H26N2OS/c1-38(25-11-4-2-5-12-25)27-19-21-35-30(23-27)31-24-28(20-22-36(31)41-35)39(26-13-6-3-7-14-26)32-16-10-18-34-37(32)29-15-8-9-17-33(29)40-34/h2-24H,1H3. The van der Waals surface area contributed by atoms with Gasteiger partial charge in [0.25, 0.3) is 0 Å². The van der Waals surface area contributed by atoms with Crippen LogP contribution in [0.5, 0.6) is 0 Å². The summed E-state index contributed by atoms with van der Waals surface area (Å²) in [6, 6.07) is 49.4. The third-order valence-corrected chi connectivity index (χ3v) is 9.01. The number of benzene rings is 6. The highest BCUT2D eigenvalue weighted by Gasteiger charge is 2.20. The smallest absolute Gasteiger partial charge is 0.137 e. The molecule has 0 aliphatic carbocycles. The van der Waals surface area contributed by atoms with Gasteiger partial charge in [0.1, 0.15) is 11.2 Å². The minimum absolute atomic E-state index is 0.889. The third kappa shape index (κ3) is 3.95. The number of fused-ring (bicyclic) bond motifs is 6. The van der Waals surface area contributed by atoms with E-state index in [0.717, 1.165) is 39.0 Å². The molecule has 8 aromatic rings. The topological polar surface area (TPSA) is 19.6 Å². The van der Waals surface area contributed by atoms with Gasteiger partial charge in [0.05, 0.1) is 11.1 Å². The lowest BCUT2D eigenvalue weighted by Crippen LogP contribution is -2.10. The number of anilines is 5. The number of furan rings is 1. The number of nitrogens with zero attached hydrogens (tertiary/aromatic N) is 2. The Morgan fingerprint density at radius 1 is 0.488 bits per heavy atom. The van der Waals surface area contributed by atoms with Crippen molar-refractivity contribution < 1.29 is 4.42 Å². The molecule has 0 saturated carbocycles.